The van der Waals surface area contributed by atoms with Gasteiger partial charge in [-0.15, -0.1) is 0 Å². The van der Waals surface area contributed by atoms with E-state index < -0.39 is 5.97 Å². The van der Waals surface area contributed by atoms with Crippen molar-refractivity contribution in [1.29, 1.82) is 0 Å². The van der Waals surface area contributed by atoms with Crippen molar-refractivity contribution in [3.63, 3.8) is 0 Å². The summed E-state index contributed by atoms with van der Waals surface area (Å²) in [5.41, 5.74) is 0.627. The molecule has 1 aromatic heterocycles. The molecule has 2 rings (SSSR count). The fraction of sp³-hybridized carbons (Fsp3) is 0.312. The van der Waals surface area contributed by atoms with Gasteiger partial charge in [0.05, 0.1) is 41.1 Å². The van der Waals surface area contributed by atoms with Gasteiger partial charge in [-0.2, -0.15) is 0 Å². The molecule has 0 saturated heterocycles. The number of carbonyl (C=O) groups excluding carboxylic acids is 2. The summed E-state index contributed by atoms with van der Waals surface area (Å²) in [6, 6.07) is 3.42. The molecule has 25 heavy (non-hydrogen) atoms. The fourth-order valence-corrected chi connectivity index (χ4v) is 2.92. The predicted octanol–water partition coefficient (Wildman–Crippen LogP) is 2.14. The molecule has 8 nitrogen and oxygen atoms in total. The maximum absolute atomic E-state index is 12.3. The number of rotatable bonds is 7. The normalized spacial score (nSPS) is 10.1. The Kier molecular flexibility index (Phi) is 6.18. The lowest BCUT2D eigenvalue weighted by atomic mass is 10.1. The van der Waals surface area contributed by atoms with E-state index in [1.54, 1.807) is 12.1 Å². The molecule has 0 aliphatic heterocycles. The van der Waals surface area contributed by atoms with Gasteiger partial charge in [0.15, 0.2) is 16.6 Å². The third-order valence-electron chi connectivity index (χ3n) is 3.28. The topological polar surface area (TPSA) is 96.0 Å². The van der Waals surface area contributed by atoms with Crippen molar-refractivity contribution in [3.8, 4) is 17.2 Å². The summed E-state index contributed by atoms with van der Waals surface area (Å²) >= 11 is 1.03. The molecular weight excluding hydrogens is 348 g/mol. The van der Waals surface area contributed by atoms with Gasteiger partial charge in [-0.3, -0.25) is 4.79 Å². The van der Waals surface area contributed by atoms with Crippen LogP contribution in [0.4, 0.5) is 5.13 Å². The molecule has 0 aliphatic rings. The first-order valence-corrected chi connectivity index (χ1v) is 7.97. The lowest BCUT2D eigenvalue weighted by molar-refractivity contribution is -0.115. The van der Waals surface area contributed by atoms with Crippen molar-refractivity contribution in [2.24, 2.45) is 0 Å². The molecule has 0 aliphatic carbocycles. The van der Waals surface area contributed by atoms with Crippen molar-refractivity contribution in [1.82, 2.24) is 4.98 Å². The van der Waals surface area contributed by atoms with Crippen LogP contribution in [0.3, 0.4) is 0 Å². The van der Waals surface area contributed by atoms with Gasteiger partial charge in [0, 0.05) is 5.56 Å². The number of esters is 1. The molecule has 134 valence electrons. The van der Waals surface area contributed by atoms with E-state index in [0.29, 0.717) is 32.8 Å². The molecule has 0 fully saturated rings. The molecule has 1 aromatic carbocycles. The summed E-state index contributed by atoms with van der Waals surface area (Å²) in [6.07, 6.45) is 1.39. The van der Waals surface area contributed by atoms with E-state index in [9.17, 15) is 9.59 Å². The van der Waals surface area contributed by atoms with Crippen LogP contribution < -0.4 is 19.5 Å². The highest BCUT2D eigenvalue weighted by Gasteiger charge is 2.19. The number of aromatic nitrogens is 1. The summed E-state index contributed by atoms with van der Waals surface area (Å²) in [6.45, 7) is 0. The third-order valence-corrected chi connectivity index (χ3v) is 4.17. The number of thiazole rings is 1. The number of hydrogen-bond acceptors (Lipinski definition) is 8. The summed E-state index contributed by atoms with van der Waals surface area (Å²) in [7, 11) is 5.78. The number of methoxy groups -OCH3 is 4. The Labute approximate surface area is 148 Å². The molecule has 0 radical (unpaired) electrons. The number of benzene rings is 1. The molecular formula is C16H18N2O6S. The Hall–Kier alpha value is -2.81. The van der Waals surface area contributed by atoms with E-state index >= 15 is 0 Å². The molecule has 0 unspecified atom stereocenters. The number of nitrogens with zero attached hydrogens (tertiary/aromatic N) is 1. The molecule has 0 bridgehead atoms. The molecule has 9 heteroatoms. The van der Waals surface area contributed by atoms with Gasteiger partial charge in [0.1, 0.15) is 4.88 Å². The average Bonchev–Trinajstić information content (AvgIpc) is 3.08. The second kappa shape index (κ2) is 8.34. The second-order valence-electron chi connectivity index (χ2n) is 4.74. The number of nitrogens with one attached hydrogen (secondary N) is 1. The van der Waals surface area contributed by atoms with E-state index in [1.165, 1.54) is 34.6 Å². The van der Waals surface area contributed by atoms with Crippen molar-refractivity contribution in [3.05, 3.63) is 28.8 Å². The van der Waals surface area contributed by atoms with E-state index in [2.05, 4.69) is 15.0 Å². The van der Waals surface area contributed by atoms with Crippen molar-refractivity contribution < 1.29 is 28.5 Å². The number of anilines is 1. The van der Waals surface area contributed by atoms with Gasteiger partial charge in [-0.25, -0.2) is 9.78 Å². The number of hydrogen-bond donors (Lipinski definition) is 1. The fourth-order valence-electron chi connectivity index (χ4n) is 2.17. The van der Waals surface area contributed by atoms with Gasteiger partial charge >= 0.3 is 5.97 Å². The standard InChI is InChI=1S/C16H18N2O6S/c1-21-10-6-5-9(13(22-2)14(10)23-3)7-12(19)18-16-17-8-11(25-16)15(20)24-4/h5-6,8H,7H2,1-4H3,(H,17,18,19). The summed E-state index contributed by atoms with van der Waals surface area (Å²) in [5, 5.41) is 2.95. The largest absolute Gasteiger partial charge is 0.493 e. The van der Waals surface area contributed by atoms with Gasteiger partial charge in [-0.1, -0.05) is 17.4 Å². The number of amides is 1. The Morgan fingerprint density at radius 1 is 1.08 bits per heavy atom. The van der Waals surface area contributed by atoms with E-state index in [0.717, 1.165) is 11.3 Å². The lowest BCUT2D eigenvalue weighted by Crippen LogP contribution is -2.15. The Morgan fingerprint density at radius 3 is 2.40 bits per heavy atom. The van der Waals surface area contributed by atoms with Gasteiger partial charge in [-0.05, 0) is 6.07 Å². The third kappa shape index (κ3) is 4.18. The molecule has 1 heterocycles. The first kappa shape index (κ1) is 18.5. The summed E-state index contributed by atoms with van der Waals surface area (Å²) < 4.78 is 20.5. The SMILES string of the molecule is COC(=O)c1cnc(NC(=O)Cc2ccc(OC)c(OC)c2OC)s1. The molecule has 0 spiro atoms. The van der Waals surface area contributed by atoms with Crippen LogP contribution >= 0.6 is 11.3 Å². The minimum absolute atomic E-state index is 0.0384. The summed E-state index contributed by atoms with van der Waals surface area (Å²) in [5.74, 6) is 0.533. The highest BCUT2D eigenvalue weighted by atomic mass is 32.1. The molecule has 0 saturated carbocycles. The first-order chi connectivity index (χ1) is 12.0. The van der Waals surface area contributed by atoms with Crippen molar-refractivity contribution >= 4 is 28.3 Å². The molecule has 1 amide bonds. The highest BCUT2D eigenvalue weighted by Crippen LogP contribution is 2.40. The Morgan fingerprint density at radius 2 is 1.80 bits per heavy atom. The van der Waals surface area contributed by atoms with Crippen LogP contribution in [0.25, 0.3) is 0 Å². The smallest absolute Gasteiger partial charge is 0.349 e. The minimum Gasteiger partial charge on any atom is -0.493 e. The van der Waals surface area contributed by atoms with Crippen LogP contribution in [0, 0.1) is 0 Å². The lowest BCUT2D eigenvalue weighted by Gasteiger charge is -2.15. The first-order valence-electron chi connectivity index (χ1n) is 7.15. The Balaban J connectivity index is 2.15. The van der Waals surface area contributed by atoms with Crippen LogP contribution in [0.2, 0.25) is 0 Å². The monoisotopic (exact) mass is 366 g/mol. The molecule has 0 atom stereocenters. The zero-order chi connectivity index (χ0) is 18.4. The predicted molar refractivity (Wildman–Crippen MR) is 91.9 cm³/mol. The van der Waals surface area contributed by atoms with Crippen LogP contribution in [0.5, 0.6) is 17.2 Å². The van der Waals surface area contributed by atoms with E-state index in [4.69, 9.17) is 14.2 Å². The van der Waals surface area contributed by atoms with E-state index in [-0.39, 0.29) is 12.3 Å². The van der Waals surface area contributed by atoms with Crippen LogP contribution in [-0.4, -0.2) is 45.3 Å². The van der Waals surface area contributed by atoms with Gasteiger partial charge in [0.2, 0.25) is 11.7 Å². The quantitative estimate of drug-likeness (QED) is 0.750. The zero-order valence-corrected chi connectivity index (χ0v) is 15.1. The number of ether oxygens (including phenoxy) is 4. The molecule has 2 aromatic rings. The van der Waals surface area contributed by atoms with E-state index in [1.807, 2.05) is 0 Å². The van der Waals surface area contributed by atoms with Crippen LogP contribution in [0.1, 0.15) is 15.2 Å². The highest BCUT2D eigenvalue weighted by molar-refractivity contribution is 7.17. The van der Waals surface area contributed by atoms with Gasteiger partial charge in [0.25, 0.3) is 0 Å². The average molecular weight is 366 g/mol. The molecule has 1 N–H and O–H groups in total. The van der Waals surface area contributed by atoms with Crippen molar-refractivity contribution in [2.75, 3.05) is 33.8 Å². The van der Waals surface area contributed by atoms with Gasteiger partial charge < -0.3 is 24.3 Å². The maximum Gasteiger partial charge on any atom is 0.349 e. The second-order valence-corrected chi connectivity index (χ2v) is 5.77. The van der Waals surface area contributed by atoms with Crippen LogP contribution in [-0.2, 0) is 16.0 Å². The number of carbonyl (C=O) groups is 2. The summed E-state index contributed by atoms with van der Waals surface area (Å²) in [4.78, 5) is 28.0. The maximum atomic E-state index is 12.3. The zero-order valence-electron chi connectivity index (χ0n) is 14.2. The van der Waals surface area contributed by atoms with Crippen LogP contribution in [0.15, 0.2) is 18.3 Å². The van der Waals surface area contributed by atoms with Crippen molar-refractivity contribution in [2.45, 2.75) is 6.42 Å². The Bertz CT molecular complexity index is 774. The minimum atomic E-state index is -0.500.